The first kappa shape index (κ1) is 14.1. The number of amides is 1. The number of unbranched alkanes of at least 4 members (excludes halogenated alkanes) is 3. The average Bonchev–Trinajstić information content (AvgIpc) is 2.65. The van der Waals surface area contributed by atoms with Crippen molar-refractivity contribution >= 4 is 29.0 Å². The van der Waals surface area contributed by atoms with Crippen molar-refractivity contribution in [3.05, 3.63) is 29.3 Å². The number of rotatable bonds is 6. The number of nitrogens with zero attached hydrogens (tertiary/aromatic N) is 1. The second-order valence-corrected chi connectivity index (χ2v) is 5.24. The molecule has 0 aromatic heterocycles. The maximum absolute atomic E-state index is 12.0. The van der Waals surface area contributed by atoms with Crippen molar-refractivity contribution in [2.24, 2.45) is 0 Å². The number of fused-ring (bicyclic) bond motifs is 1. The molecule has 0 fully saturated rings. The van der Waals surface area contributed by atoms with Gasteiger partial charge in [-0.2, -0.15) is 0 Å². The Bertz CT molecular complexity index is 499. The van der Waals surface area contributed by atoms with Crippen molar-refractivity contribution in [2.45, 2.75) is 32.6 Å². The molecular weight excluding hydrogens is 262 g/mol. The molecule has 1 aromatic carbocycles. The Kier molecular flexibility index (Phi) is 4.59. The van der Waals surface area contributed by atoms with Crippen LogP contribution < -0.4 is 4.90 Å². The van der Waals surface area contributed by atoms with Gasteiger partial charge < -0.3 is 4.90 Å². The highest BCUT2D eigenvalue weighted by atomic mass is 35.5. The number of benzene rings is 1. The van der Waals surface area contributed by atoms with Gasteiger partial charge in [-0.25, -0.2) is 0 Å². The number of hydrogen-bond acceptors (Lipinski definition) is 2. The molecule has 102 valence electrons. The molecular formula is C15H18ClNO2. The van der Waals surface area contributed by atoms with E-state index in [1.54, 1.807) is 11.0 Å². The minimum atomic E-state index is -0.387. The molecule has 1 aliphatic heterocycles. The summed E-state index contributed by atoms with van der Waals surface area (Å²) in [6, 6.07) is 5.49. The highest BCUT2D eigenvalue weighted by molar-refractivity contribution is 6.52. The zero-order valence-electron chi connectivity index (χ0n) is 11.1. The maximum atomic E-state index is 12.0. The minimum absolute atomic E-state index is 0.376. The van der Waals surface area contributed by atoms with Crippen LogP contribution in [-0.4, -0.2) is 24.1 Å². The molecule has 0 bridgehead atoms. The van der Waals surface area contributed by atoms with E-state index in [0.29, 0.717) is 18.0 Å². The van der Waals surface area contributed by atoms with Gasteiger partial charge in [0.05, 0.1) is 11.3 Å². The molecule has 0 N–H and O–H groups in total. The summed E-state index contributed by atoms with van der Waals surface area (Å²) in [5.74, 6) is -0.0793. The second-order valence-electron chi connectivity index (χ2n) is 4.86. The van der Waals surface area contributed by atoms with Gasteiger partial charge in [-0.3, -0.25) is 9.59 Å². The van der Waals surface area contributed by atoms with Crippen LogP contribution >= 0.6 is 11.6 Å². The van der Waals surface area contributed by atoms with E-state index in [9.17, 15) is 9.59 Å². The van der Waals surface area contributed by atoms with Crippen LogP contribution in [0, 0.1) is 6.92 Å². The lowest BCUT2D eigenvalue weighted by Gasteiger charge is -2.18. The summed E-state index contributed by atoms with van der Waals surface area (Å²) in [6.07, 6.45) is 4.01. The van der Waals surface area contributed by atoms with Gasteiger partial charge in [-0.05, 0) is 31.4 Å². The fraction of sp³-hybridized carbons (Fsp3) is 0.467. The summed E-state index contributed by atoms with van der Waals surface area (Å²) in [7, 11) is 0. The molecule has 0 spiro atoms. The number of hydrogen-bond donors (Lipinski definition) is 0. The van der Waals surface area contributed by atoms with Gasteiger partial charge in [0.1, 0.15) is 0 Å². The molecule has 3 nitrogen and oxygen atoms in total. The summed E-state index contributed by atoms with van der Waals surface area (Å²) in [5, 5.41) is 0. The highest BCUT2D eigenvalue weighted by Crippen LogP contribution is 2.32. The number of carbonyl (C=O) groups excluding carboxylic acids is 2. The Labute approximate surface area is 118 Å². The lowest BCUT2D eigenvalue weighted by atomic mass is 10.1. The number of anilines is 1. The standard InChI is InChI=1S/C15H18ClNO2/c1-11-7-6-8-12-13(11)17(15(19)14(12)18)10-5-3-2-4-9-16/h6-8H,2-5,9-10H2,1H3. The van der Waals surface area contributed by atoms with Crippen molar-refractivity contribution in [1.82, 2.24) is 0 Å². The van der Waals surface area contributed by atoms with E-state index in [1.165, 1.54) is 0 Å². The number of aryl methyl sites for hydroxylation is 1. The summed E-state index contributed by atoms with van der Waals surface area (Å²) < 4.78 is 0. The van der Waals surface area contributed by atoms with Gasteiger partial charge in [-0.1, -0.05) is 25.0 Å². The van der Waals surface area contributed by atoms with Crippen LogP contribution in [0.4, 0.5) is 5.69 Å². The summed E-state index contributed by atoms with van der Waals surface area (Å²) >= 11 is 5.63. The first-order chi connectivity index (χ1) is 9.16. The molecule has 1 heterocycles. The molecule has 1 amide bonds. The van der Waals surface area contributed by atoms with Gasteiger partial charge >= 0.3 is 0 Å². The second kappa shape index (κ2) is 6.20. The lowest BCUT2D eigenvalue weighted by molar-refractivity contribution is -0.114. The highest BCUT2D eigenvalue weighted by Gasteiger charge is 2.36. The topological polar surface area (TPSA) is 37.4 Å². The van der Waals surface area contributed by atoms with Crippen LogP contribution in [0.15, 0.2) is 18.2 Å². The first-order valence-electron chi connectivity index (χ1n) is 6.68. The Morgan fingerprint density at radius 2 is 1.84 bits per heavy atom. The summed E-state index contributed by atoms with van der Waals surface area (Å²) in [4.78, 5) is 25.5. The van der Waals surface area contributed by atoms with E-state index in [4.69, 9.17) is 11.6 Å². The monoisotopic (exact) mass is 279 g/mol. The van der Waals surface area contributed by atoms with Crippen LogP contribution in [-0.2, 0) is 4.79 Å². The number of Topliss-reactive ketones (excluding diaryl/α,β-unsaturated/α-hetero) is 1. The molecule has 2 rings (SSSR count). The van der Waals surface area contributed by atoms with Crippen LogP contribution in [0.1, 0.15) is 41.6 Å². The van der Waals surface area contributed by atoms with E-state index < -0.39 is 0 Å². The van der Waals surface area contributed by atoms with Gasteiger partial charge in [0.2, 0.25) is 0 Å². The molecule has 19 heavy (non-hydrogen) atoms. The third kappa shape index (κ3) is 2.81. The third-order valence-electron chi connectivity index (χ3n) is 3.46. The van der Waals surface area contributed by atoms with Crippen molar-refractivity contribution in [3.8, 4) is 0 Å². The molecule has 0 unspecified atom stereocenters. The first-order valence-corrected chi connectivity index (χ1v) is 7.22. The molecule has 0 radical (unpaired) electrons. The fourth-order valence-electron chi connectivity index (χ4n) is 2.47. The molecule has 1 aliphatic rings. The predicted octanol–water partition coefficient (Wildman–Crippen LogP) is 3.32. The molecule has 1 aromatic rings. The maximum Gasteiger partial charge on any atom is 0.299 e. The smallest absolute Gasteiger partial charge is 0.299 e. The normalized spacial score (nSPS) is 14.1. The zero-order chi connectivity index (χ0) is 13.8. The van der Waals surface area contributed by atoms with E-state index in [2.05, 4.69) is 0 Å². The minimum Gasteiger partial charge on any atom is -0.304 e. The average molecular weight is 280 g/mol. The van der Waals surface area contributed by atoms with Crippen LogP contribution in [0.5, 0.6) is 0 Å². The number of carbonyl (C=O) groups is 2. The van der Waals surface area contributed by atoms with Crippen molar-refractivity contribution < 1.29 is 9.59 Å². The number of halogens is 1. The Balaban J connectivity index is 2.06. The molecule has 0 saturated heterocycles. The van der Waals surface area contributed by atoms with Crippen molar-refractivity contribution in [3.63, 3.8) is 0 Å². The number of para-hydroxylation sites is 1. The van der Waals surface area contributed by atoms with Gasteiger partial charge in [0.25, 0.3) is 11.7 Å². The number of alkyl halides is 1. The molecule has 4 heteroatoms. The Morgan fingerprint density at radius 3 is 2.58 bits per heavy atom. The van der Waals surface area contributed by atoms with E-state index in [0.717, 1.165) is 36.9 Å². The lowest BCUT2D eigenvalue weighted by Crippen LogP contribution is -2.31. The van der Waals surface area contributed by atoms with Crippen molar-refractivity contribution in [1.29, 1.82) is 0 Å². The Morgan fingerprint density at radius 1 is 1.11 bits per heavy atom. The number of ketones is 1. The fourth-order valence-corrected chi connectivity index (χ4v) is 2.66. The molecule has 0 atom stereocenters. The van der Waals surface area contributed by atoms with Crippen LogP contribution in [0.2, 0.25) is 0 Å². The zero-order valence-corrected chi connectivity index (χ0v) is 11.9. The quantitative estimate of drug-likeness (QED) is 0.455. The summed E-state index contributed by atoms with van der Waals surface area (Å²) in [6.45, 7) is 2.55. The van der Waals surface area contributed by atoms with Crippen molar-refractivity contribution in [2.75, 3.05) is 17.3 Å². The van der Waals surface area contributed by atoms with Gasteiger partial charge in [0.15, 0.2) is 0 Å². The van der Waals surface area contributed by atoms with Gasteiger partial charge in [-0.15, -0.1) is 11.6 Å². The van der Waals surface area contributed by atoms with E-state index >= 15 is 0 Å². The van der Waals surface area contributed by atoms with E-state index in [-0.39, 0.29) is 11.7 Å². The molecule has 0 aliphatic carbocycles. The largest absolute Gasteiger partial charge is 0.304 e. The Hall–Kier alpha value is -1.35. The third-order valence-corrected chi connectivity index (χ3v) is 3.72. The summed E-state index contributed by atoms with van der Waals surface area (Å²) in [5.41, 5.74) is 2.33. The van der Waals surface area contributed by atoms with Crippen LogP contribution in [0.25, 0.3) is 0 Å². The van der Waals surface area contributed by atoms with Crippen LogP contribution in [0.3, 0.4) is 0 Å². The molecule has 0 saturated carbocycles. The SMILES string of the molecule is Cc1cccc2c1N(CCCCCCCl)C(=O)C2=O. The predicted molar refractivity (Wildman–Crippen MR) is 77.1 cm³/mol. The van der Waals surface area contributed by atoms with E-state index in [1.807, 2.05) is 19.1 Å². The van der Waals surface area contributed by atoms with Gasteiger partial charge in [0, 0.05) is 12.4 Å².